The lowest BCUT2D eigenvalue weighted by Crippen LogP contribution is -2.32. The maximum Gasteiger partial charge on any atom is 0.284 e. The van der Waals surface area contributed by atoms with E-state index in [1.54, 1.807) is 50.6 Å². The van der Waals surface area contributed by atoms with Crippen molar-refractivity contribution in [3.05, 3.63) is 64.7 Å². The minimum Gasteiger partial charge on any atom is -0.497 e. The lowest BCUT2D eigenvalue weighted by atomic mass is 10.2. The second-order valence-electron chi connectivity index (χ2n) is 6.98. The fourth-order valence-corrected chi connectivity index (χ4v) is 3.35. The van der Waals surface area contributed by atoms with Crippen LogP contribution in [0.1, 0.15) is 5.56 Å². The van der Waals surface area contributed by atoms with Gasteiger partial charge in [0.1, 0.15) is 18.6 Å². The number of hydrogen-bond donors (Lipinski definition) is 1. The number of carbonyl (C=O) groups excluding carboxylic acids is 1. The molecule has 0 bridgehead atoms. The van der Waals surface area contributed by atoms with Crippen LogP contribution in [0.15, 0.2) is 53.6 Å². The summed E-state index contributed by atoms with van der Waals surface area (Å²) >= 11 is 0. The highest BCUT2D eigenvalue weighted by Gasteiger charge is 2.16. The number of methoxy groups -OCH3 is 3. The predicted molar refractivity (Wildman–Crippen MR) is 119 cm³/mol. The van der Waals surface area contributed by atoms with Crippen LogP contribution in [0.2, 0.25) is 0 Å². The van der Waals surface area contributed by atoms with Gasteiger partial charge < -0.3 is 19.5 Å². The normalized spacial score (nSPS) is 10.8. The maximum absolute atomic E-state index is 12.8. The van der Waals surface area contributed by atoms with E-state index in [9.17, 15) is 9.59 Å². The molecule has 0 saturated carbocycles. The Kier molecular flexibility index (Phi) is 6.20. The van der Waals surface area contributed by atoms with Gasteiger partial charge in [0, 0.05) is 12.1 Å². The molecule has 4 rings (SSSR count). The van der Waals surface area contributed by atoms with Crippen LogP contribution >= 0.6 is 0 Å². The molecule has 2 aromatic carbocycles. The van der Waals surface area contributed by atoms with E-state index in [2.05, 4.69) is 20.6 Å². The summed E-state index contributed by atoms with van der Waals surface area (Å²) in [6, 6.07) is 12.5. The van der Waals surface area contributed by atoms with E-state index in [-0.39, 0.29) is 24.5 Å². The van der Waals surface area contributed by atoms with Gasteiger partial charge in [-0.2, -0.15) is 4.68 Å². The number of nitrogens with zero attached hydrogens (tertiary/aromatic N) is 5. The summed E-state index contributed by atoms with van der Waals surface area (Å²) in [5.74, 6) is 1.42. The average Bonchev–Trinajstić information content (AvgIpc) is 3.29. The highest BCUT2D eigenvalue weighted by atomic mass is 16.5. The van der Waals surface area contributed by atoms with E-state index < -0.39 is 5.56 Å². The van der Waals surface area contributed by atoms with Crippen LogP contribution in [0, 0.1) is 0 Å². The lowest BCUT2D eigenvalue weighted by molar-refractivity contribution is -0.121. The van der Waals surface area contributed by atoms with Crippen LogP contribution in [0.5, 0.6) is 17.2 Å². The lowest BCUT2D eigenvalue weighted by Gasteiger charge is -2.13. The number of benzene rings is 2. The molecule has 0 unspecified atom stereocenters. The number of nitrogens with one attached hydrogen (secondary N) is 1. The first-order valence-corrected chi connectivity index (χ1v) is 9.97. The molecule has 2 aromatic heterocycles. The quantitative estimate of drug-likeness (QED) is 0.427. The molecule has 2 heterocycles. The van der Waals surface area contributed by atoms with Crippen molar-refractivity contribution in [2.24, 2.45) is 0 Å². The first-order chi connectivity index (χ1) is 16.0. The van der Waals surface area contributed by atoms with E-state index in [1.165, 1.54) is 22.7 Å². The van der Waals surface area contributed by atoms with Gasteiger partial charge in [0.25, 0.3) is 5.56 Å². The molecule has 1 amide bonds. The Morgan fingerprint density at radius 3 is 2.52 bits per heavy atom. The van der Waals surface area contributed by atoms with Gasteiger partial charge in [-0.1, -0.05) is 17.3 Å². The second kappa shape index (κ2) is 9.39. The van der Waals surface area contributed by atoms with E-state index in [1.807, 2.05) is 6.07 Å². The van der Waals surface area contributed by atoms with E-state index in [0.717, 1.165) is 5.56 Å². The molecule has 0 aliphatic carbocycles. The summed E-state index contributed by atoms with van der Waals surface area (Å²) in [7, 11) is 4.65. The van der Waals surface area contributed by atoms with Gasteiger partial charge >= 0.3 is 0 Å². The minimum absolute atomic E-state index is 0.0654. The Hall–Kier alpha value is -4.41. The molecule has 170 valence electrons. The van der Waals surface area contributed by atoms with Crippen molar-refractivity contribution in [2.75, 3.05) is 21.3 Å². The molecule has 0 saturated heterocycles. The molecular weight excluding hydrogens is 428 g/mol. The Bertz CT molecular complexity index is 1350. The van der Waals surface area contributed by atoms with Crippen molar-refractivity contribution in [1.82, 2.24) is 29.9 Å². The predicted octanol–water partition coefficient (Wildman–Crippen LogP) is 1.32. The van der Waals surface area contributed by atoms with Crippen molar-refractivity contribution < 1.29 is 19.0 Å². The highest BCUT2D eigenvalue weighted by Crippen LogP contribution is 2.30. The average molecular weight is 450 g/mol. The molecule has 1 N–H and O–H groups in total. The van der Waals surface area contributed by atoms with E-state index in [4.69, 9.17) is 14.2 Å². The summed E-state index contributed by atoms with van der Waals surface area (Å²) in [5, 5.41) is 10.8. The zero-order valence-corrected chi connectivity index (χ0v) is 18.3. The van der Waals surface area contributed by atoms with Gasteiger partial charge in [0.15, 0.2) is 22.7 Å². The zero-order valence-electron chi connectivity index (χ0n) is 18.3. The third-order valence-corrected chi connectivity index (χ3v) is 5.02. The molecule has 11 heteroatoms. The SMILES string of the molecule is COc1ccc(-n2nnc3c(=O)n(CC(=O)NCc4cccc(OC)c4OC)cnc32)cc1. The number of para-hydroxylation sites is 1. The molecule has 33 heavy (non-hydrogen) atoms. The smallest absolute Gasteiger partial charge is 0.284 e. The van der Waals surface area contributed by atoms with Gasteiger partial charge in [0.2, 0.25) is 5.91 Å². The molecule has 0 atom stereocenters. The number of aromatic nitrogens is 5. The molecule has 0 spiro atoms. The summed E-state index contributed by atoms with van der Waals surface area (Å²) in [6.45, 7) is -0.0132. The number of amides is 1. The first kappa shape index (κ1) is 21.8. The Balaban J connectivity index is 1.51. The van der Waals surface area contributed by atoms with Crippen LogP contribution in [0.25, 0.3) is 16.9 Å². The molecule has 11 nitrogen and oxygen atoms in total. The van der Waals surface area contributed by atoms with Gasteiger partial charge in [-0.05, 0) is 30.3 Å². The first-order valence-electron chi connectivity index (χ1n) is 9.97. The van der Waals surface area contributed by atoms with Gasteiger partial charge in [-0.15, -0.1) is 5.10 Å². The molecular formula is C22H22N6O5. The summed E-state index contributed by atoms with van der Waals surface area (Å²) in [6.07, 6.45) is 1.31. The van der Waals surface area contributed by atoms with E-state index >= 15 is 0 Å². The third kappa shape index (κ3) is 4.33. The van der Waals surface area contributed by atoms with Crippen molar-refractivity contribution in [3.63, 3.8) is 0 Å². The fraction of sp³-hybridized carbons (Fsp3) is 0.227. The van der Waals surface area contributed by atoms with Crippen molar-refractivity contribution in [3.8, 4) is 22.9 Å². The van der Waals surface area contributed by atoms with Crippen molar-refractivity contribution >= 4 is 17.1 Å². The summed E-state index contributed by atoms with van der Waals surface area (Å²) in [5.41, 5.74) is 1.31. The van der Waals surface area contributed by atoms with Crippen LogP contribution in [-0.4, -0.2) is 51.8 Å². The molecule has 0 radical (unpaired) electrons. The number of carbonyl (C=O) groups is 1. The Morgan fingerprint density at radius 1 is 1.03 bits per heavy atom. The van der Waals surface area contributed by atoms with Gasteiger partial charge in [0.05, 0.1) is 27.0 Å². The van der Waals surface area contributed by atoms with Crippen molar-refractivity contribution in [1.29, 1.82) is 0 Å². The highest BCUT2D eigenvalue weighted by molar-refractivity contribution is 5.76. The number of hydrogen-bond acceptors (Lipinski definition) is 8. The minimum atomic E-state index is -0.464. The number of fused-ring (bicyclic) bond motifs is 1. The fourth-order valence-electron chi connectivity index (χ4n) is 3.35. The summed E-state index contributed by atoms with van der Waals surface area (Å²) in [4.78, 5) is 29.6. The molecule has 0 aliphatic rings. The number of ether oxygens (including phenoxy) is 3. The second-order valence-corrected chi connectivity index (χ2v) is 6.98. The van der Waals surface area contributed by atoms with Crippen LogP contribution in [0.3, 0.4) is 0 Å². The monoisotopic (exact) mass is 450 g/mol. The van der Waals surface area contributed by atoms with Crippen molar-refractivity contribution in [2.45, 2.75) is 13.1 Å². The molecule has 4 aromatic rings. The summed E-state index contributed by atoms with van der Waals surface area (Å²) < 4.78 is 18.4. The molecule has 0 aliphatic heterocycles. The van der Waals surface area contributed by atoms with Gasteiger partial charge in [-0.25, -0.2) is 4.98 Å². The van der Waals surface area contributed by atoms with Crippen LogP contribution < -0.4 is 25.1 Å². The Morgan fingerprint density at radius 2 is 1.82 bits per heavy atom. The molecule has 0 fully saturated rings. The van der Waals surface area contributed by atoms with Crippen LogP contribution in [0.4, 0.5) is 0 Å². The van der Waals surface area contributed by atoms with E-state index in [0.29, 0.717) is 28.6 Å². The topological polar surface area (TPSA) is 122 Å². The third-order valence-electron chi connectivity index (χ3n) is 5.02. The van der Waals surface area contributed by atoms with Gasteiger partial charge in [-0.3, -0.25) is 14.2 Å². The largest absolute Gasteiger partial charge is 0.497 e. The number of rotatable bonds is 8. The maximum atomic E-state index is 12.8. The standard InChI is InChI=1S/C22H22N6O5/c1-31-16-9-7-15(8-10-16)28-21-19(25-26-28)22(30)27(13-24-21)12-18(29)23-11-14-5-4-6-17(32-2)20(14)33-3/h4-10,13H,11-12H2,1-3H3,(H,23,29). The zero-order chi connectivity index (χ0) is 23.4. The van der Waals surface area contributed by atoms with Crippen LogP contribution in [-0.2, 0) is 17.9 Å². The Labute approximate surface area is 188 Å².